The van der Waals surface area contributed by atoms with E-state index in [9.17, 15) is 0 Å². The van der Waals surface area contributed by atoms with Crippen molar-refractivity contribution in [2.45, 2.75) is 31.7 Å². The standard InChI is InChI=1S/C24H34N4O2.HI/c1-2-7-21(8-3-1)23(28-13-4-5-14-28)18-27-24(26-17-20-11-16-29-19-20)25-12-10-22-9-6-15-30-22;/h1-3,6-9,15,20,23H,4-5,10-14,16-19H2,(H2,25,26,27);1H. The van der Waals surface area contributed by atoms with E-state index in [0.717, 1.165) is 70.5 Å². The zero-order valence-electron chi connectivity index (χ0n) is 18.2. The van der Waals surface area contributed by atoms with Crippen molar-refractivity contribution in [3.05, 3.63) is 60.1 Å². The van der Waals surface area contributed by atoms with E-state index >= 15 is 0 Å². The number of furan rings is 1. The fourth-order valence-electron chi connectivity index (χ4n) is 4.26. The number of nitrogens with zero attached hydrogens (tertiary/aromatic N) is 2. The van der Waals surface area contributed by atoms with Crippen LogP contribution in [-0.4, -0.2) is 56.8 Å². The molecule has 6 nitrogen and oxygen atoms in total. The molecule has 1 aromatic heterocycles. The van der Waals surface area contributed by atoms with Crippen LogP contribution in [0.3, 0.4) is 0 Å². The summed E-state index contributed by atoms with van der Waals surface area (Å²) in [5, 5.41) is 7.05. The highest BCUT2D eigenvalue weighted by Gasteiger charge is 2.23. The van der Waals surface area contributed by atoms with E-state index in [2.05, 4.69) is 45.9 Å². The molecule has 0 radical (unpaired) electrons. The van der Waals surface area contributed by atoms with Crippen LogP contribution in [0.2, 0.25) is 0 Å². The van der Waals surface area contributed by atoms with Crippen LogP contribution in [0.15, 0.2) is 58.1 Å². The summed E-state index contributed by atoms with van der Waals surface area (Å²) in [5.41, 5.74) is 1.35. The number of hydrogen-bond donors (Lipinski definition) is 2. The maximum absolute atomic E-state index is 5.52. The highest BCUT2D eigenvalue weighted by atomic mass is 127. The van der Waals surface area contributed by atoms with Gasteiger partial charge in [-0.1, -0.05) is 30.3 Å². The third-order valence-electron chi connectivity index (χ3n) is 6.01. The second-order valence-corrected chi connectivity index (χ2v) is 8.23. The maximum atomic E-state index is 5.52. The largest absolute Gasteiger partial charge is 0.469 e. The molecule has 2 fully saturated rings. The van der Waals surface area contributed by atoms with Gasteiger partial charge in [0.25, 0.3) is 0 Å². The predicted octanol–water partition coefficient (Wildman–Crippen LogP) is 3.85. The number of hydrogen-bond acceptors (Lipinski definition) is 4. The van der Waals surface area contributed by atoms with Crippen molar-refractivity contribution in [1.29, 1.82) is 0 Å². The lowest BCUT2D eigenvalue weighted by molar-refractivity contribution is 0.186. The van der Waals surface area contributed by atoms with Crippen LogP contribution in [0.1, 0.15) is 36.6 Å². The van der Waals surface area contributed by atoms with E-state index in [4.69, 9.17) is 14.1 Å². The lowest BCUT2D eigenvalue weighted by Gasteiger charge is -2.27. The summed E-state index contributed by atoms with van der Waals surface area (Å²) in [5.74, 6) is 2.43. The zero-order valence-corrected chi connectivity index (χ0v) is 20.5. The normalized spacial score (nSPS) is 20.4. The SMILES string of the molecule is I.c1ccc(C(CN=C(NCCc2ccco2)NCC2CCOC2)N2CCCC2)cc1. The number of ether oxygens (including phenoxy) is 1. The highest BCUT2D eigenvalue weighted by molar-refractivity contribution is 14.0. The average molecular weight is 538 g/mol. The van der Waals surface area contributed by atoms with Gasteiger partial charge in [-0.15, -0.1) is 24.0 Å². The van der Waals surface area contributed by atoms with Gasteiger partial charge in [-0.05, 0) is 50.0 Å². The minimum Gasteiger partial charge on any atom is -0.469 e. The molecule has 0 bridgehead atoms. The van der Waals surface area contributed by atoms with Crippen molar-refractivity contribution in [3.8, 4) is 0 Å². The summed E-state index contributed by atoms with van der Waals surface area (Å²) in [4.78, 5) is 7.58. The molecule has 4 rings (SSSR count). The Morgan fingerprint density at radius 2 is 1.94 bits per heavy atom. The van der Waals surface area contributed by atoms with Crippen molar-refractivity contribution in [1.82, 2.24) is 15.5 Å². The van der Waals surface area contributed by atoms with E-state index in [1.807, 2.05) is 12.1 Å². The minimum absolute atomic E-state index is 0. The van der Waals surface area contributed by atoms with Crippen LogP contribution in [-0.2, 0) is 11.2 Å². The number of aliphatic imine (C=N–C) groups is 1. The molecule has 3 heterocycles. The Hall–Kier alpha value is -1.58. The fourth-order valence-corrected chi connectivity index (χ4v) is 4.26. The van der Waals surface area contributed by atoms with Gasteiger partial charge in [0.15, 0.2) is 5.96 Å². The smallest absolute Gasteiger partial charge is 0.191 e. The van der Waals surface area contributed by atoms with Gasteiger partial charge in [0.2, 0.25) is 0 Å². The summed E-state index contributed by atoms with van der Waals surface area (Å²) < 4.78 is 11.0. The van der Waals surface area contributed by atoms with Crippen molar-refractivity contribution < 1.29 is 9.15 Å². The van der Waals surface area contributed by atoms with Gasteiger partial charge in [0.05, 0.1) is 25.5 Å². The van der Waals surface area contributed by atoms with E-state index in [0.29, 0.717) is 12.0 Å². The lowest BCUT2D eigenvalue weighted by Crippen LogP contribution is -2.41. The average Bonchev–Trinajstić information content (AvgIpc) is 3.56. The van der Waals surface area contributed by atoms with E-state index in [1.165, 1.54) is 18.4 Å². The first-order valence-corrected chi connectivity index (χ1v) is 11.3. The summed E-state index contributed by atoms with van der Waals surface area (Å²) in [7, 11) is 0. The fraction of sp³-hybridized carbons (Fsp3) is 0.542. The minimum atomic E-state index is 0. The van der Waals surface area contributed by atoms with Crippen molar-refractivity contribution in [3.63, 3.8) is 0 Å². The molecular formula is C24H35IN4O2. The Bertz CT molecular complexity index is 757. The first kappa shape index (κ1) is 24.1. The maximum Gasteiger partial charge on any atom is 0.191 e. The molecular weight excluding hydrogens is 503 g/mol. The molecule has 2 atom stereocenters. The van der Waals surface area contributed by atoms with Gasteiger partial charge in [0, 0.05) is 32.0 Å². The third kappa shape index (κ3) is 7.50. The van der Waals surface area contributed by atoms with E-state index in [1.54, 1.807) is 6.26 Å². The van der Waals surface area contributed by atoms with Crippen molar-refractivity contribution in [2.24, 2.45) is 10.9 Å². The summed E-state index contributed by atoms with van der Waals surface area (Å²) in [6.45, 7) is 6.46. The third-order valence-corrected chi connectivity index (χ3v) is 6.01. The molecule has 2 N–H and O–H groups in total. The number of halogens is 1. The molecule has 2 aliphatic heterocycles. The number of nitrogens with one attached hydrogen (secondary N) is 2. The predicted molar refractivity (Wildman–Crippen MR) is 135 cm³/mol. The van der Waals surface area contributed by atoms with Crippen LogP contribution >= 0.6 is 24.0 Å². The van der Waals surface area contributed by atoms with Crippen molar-refractivity contribution >= 4 is 29.9 Å². The Morgan fingerprint density at radius 1 is 1.10 bits per heavy atom. The molecule has 2 aliphatic rings. The zero-order chi connectivity index (χ0) is 20.4. The number of rotatable bonds is 9. The van der Waals surface area contributed by atoms with Crippen molar-refractivity contribution in [2.75, 3.05) is 45.9 Å². The van der Waals surface area contributed by atoms with Gasteiger partial charge in [-0.25, -0.2) is 0 Å². The van der Waals surface area contributed by atoms with Gasteiger partial charge < -0.3 is 19.8 Å². The molecule has 0 aliphatic carbocycles. The van der Waals surface area contributed by atoms with Crippen LogP contribution < -0.4 is 10.6 Å². The number of guanidine groups is 1. The Balaban J connectivity index is 0.00000272. The van der Waals surface area contributed by atoms with Crippen LogP contribution in [0.25, 0.3) is 0 Å². The Morgan fingerprint density at radius 3 is 2.65 bits per heavy atom. The first-order chi connectivity index (χ1) is 14.9. The number of benzene rings is 1. The van der Waals surface area contributed by atoms with Crippen LogP contribution in [0.4, 0.5) is 0 Å². The monoisotopic (exact) mass is 538 g/mol. The van der Waals surface area contributed by atoms with Gasteiger partial charge in [0.1, 0.15) is 5.76 Å². The number of likely N-dealkylation sites (tertiary alicyclic amines) is 1. The summed E-state index contributed by atoms with van der Waals surface area (Å²) in [6, 6.07) is 15.1. The molecule has 7 heteroatoms. The quantitative estimate of drug-likeness (QED) is 0.289. The second-order valence-electron chi connectivity index (χ2n) is 8.23. The van der Waals surface area contributed by atoms with Gasteiger partial charge in [-0.3, -0.25) is 9.89 Å². The molecule has 0 saturated carbocycles. The van der Waals surface area contributed by atoms with Gasteiger partial charge in [-0.2, -0.15) is 0 Å². The molecule has 0 spiro atoms. The Labute approximate surface area is 202 Å². The highest BCUT2D eigenvalue weighted by Crippen LogP contribution is 2.25. The summed E-state index contributed by atoms with van der Waals surface area (Å²) >= 11 is 0. The molecule has 170 valence electrons. The van der Waals surface area contributed by atoms with Gasteiger partial charge >= 0.3 is 0 Å². The Kier molecular flexibility index (Phi) is 10.2. The molecule has 0 amide bonds. The van der Waals surface area contributed by atoms with E-state index in [-0.39, 0.29) is 24.0 Å². The van der Waals surface area contributed by atoms with Crippen LogP contribution in [0.5, 0.6) is 0 Å². The van der Waals surface area contributed by atoms with E-state index < -0.39 is 0 Å². The molecule has 2 unspecified atom stereocenters. The lowest BCUT2D eigenvalue weighted by atomic mass is 10.1. The molecule has 31 heavy (non-hydrogen) atoms. The summed E-state index contributed by atoms with van der Waals surface area (Å²) in [6.07, 6.45) is 6.24. The molecule has 2 saturated heterocycles. The topological polar surface area (TPSA) is 62.0 Å². The molecule has 2 aromatic rings. The molecule has 1 aromatic carbocycles. The van der Waals surface area contributed by atoms with Crippen LogP contribution in [0, 0.1) is 5.92 Å². The second kappa shape index (κ2) is 13.1. The first-order valence-electron chi connectivity index (χ1n) is 11.3.